The Kier molecular flexibility index (Phi) is 1.42. The Labute approximate surface area is 43.0 Å². The van der Waals surface area contributed by atoms with Gasteiger partial charge in [-0.05, 0) is 12.8 Å². The van der Waals surface area contributed by atoms with Crippen molar-refractivity contribution in [1.29, 1.82) is 5.41 Å². The van der Waals surface area contributed by atoms with Crippen LogP contribution in [0, 0.1) is 5.41 Å². The Hall–Kier alpha value is -0.370. The van der Waals surface area contributed by atoms with Gasteiger partial charge in [0.25, 0.3) is 0 Å². The molecule has 0 saturated carbocycles. The number of hydrogen-bond acceptors (Lipinski definition) is 2. The summed E-state index contributed by atoms with van der Waals surface area (Å²) in [6, 6.07) is 0. The second-order valence-electron chi connectivity index (χ2n) is 1.76. The van der Waals surface area contributed by atoms with Crippen molar-refractivity contribution in [2.75, 3.05) is 13.2 Å². The topological polar surface area (TPSA) is 33.1 Å². The van der Waals surface area contributed by atoms with Crippen LogP contribution in [-0.2, 0) is 4.74 Å². The highest BCUT2D eigenvalue weighted by Crippen LogP contribution is 1.99. The van der Waals surface area contributed by atoms with Crippen molar-refractivity contribution < 1.29 is 4.74 Å². The van der Waals surface area contributed by atoms with Crippen LogP contribution in [0.25, 0.3) is 0 Å². The molecule has 0 aromatic carbocycles. The number of hydrogen-bond donors (Lipinski definition) is 1. The Morgan fingerprint density at radius 1 is 1.57 bits per heavy atom. The third-order valence-corrected chi connectivity index (χ3v) is 1.04. The molecule has 0 spiro atoms. The average Bonchev–Trinajstić information content (AvgIpc) is 1.69. The van der Waals surface area contributed by atoms with Gasteiger partial charge in [-0.25, -0.2) is 0 Å². The summed E-state index contributed by atoms with van der Waals surface area (Å²) in [6.07, 6.45) is 1.98. The second-order valence-corrected chi connectivity index (χ2v) is 1.76. The smallest absolute Gasteiger partial charge is 0.0841 e. The summed E-state index contributed by atoms with van der Waals surface area (Å²) in [5.74, 6) is 0. The lowest BCUT2D eigenvalue weighted by Crippen LogP contribution is -2.14. The highest BCUT2D eigenvalue weighted by atomic mass is 16.5. The van der Waals surface area contributed by atoms with Crippen molar-refractivity contribution in [3.05, 3.63) is 0 Å². The van der Waals surface area contributed by atoms with Gasteiger partial charge in [0.15, 0.2) is 0 Å². The van der Waals surface area contributed by atoms with Crippen LogP contribution < -0.4 is 0 Å². The maximum atomic E-state index is 7.06. The van der Waals surface area contributed by atoms with Gasteiger partial charge < -0.3 is 10.1 Å². The quantitative estimate of drug-likeness (QED) is 0.479. The Morgan fingerprint density at radius 2 is 2.43 bits per heavy atom. The van der Waals surface area contributed by atoms with Crippen LogP contribution in [0.5, 0.6) is 0 Å². The van der Waals surface area contributed by atoms with Crippen LogP contribution in [0.4, 0.5) is 0 Å². The lowest BCUT2D eigenvalue weighted by molar-refractivity contribution is 0.154. The van der Waals surface area contributed by atoms with Crippen LogP contribution in [0.15, 0.2) is 0 Å². The van der Waals surface area contributed by atoms with E-state index in [0.29, 0.717) is 6.61 Å². The zero-order valence-electron chi connectivity index (χ0n) is 4.24. The molecule has 0 aromatic rings. The van der Waals surface area contributed by atoms with Crippen LogP contribution in [0.1, 0.15) is 12.8 Å². The van der Waals surface area contributed by atoms with Crippen molar-refractivity contribution >= 4 is 5.71 Å². The van der Waals surface area contributed by atoms with E-state index in [4.69, 9.17) is 10.1 Å². The summed E-state index contributed by atoms with van der Waals surface area (Å²) >= 11 is 0. The van der Waals surface area contributed by atoms with Crippen LogP contribution >= 0.6 is 0 Å². The van der Waals surface area contributed by atoms with Crippen LogP contribution in [0.3, 0.4) is 0 Å². The third kappa shape index (κ3) is 1.27. The lowest BCUT2D eigenvalue weighted by atomic mass is 10.2. The molecule has 1 aliphatic heterocycles. The van der Waals surface area contributed by atoms with Gasteiger partial charge in [0.1, 0.15) is 0 Å². The van der Waals surface area contributed by atoms with Gasteiger partial charge in [0, 0.05) is 12.3 Å². The molecule has 1 N–H and O–H groups in total. The Morgan fingerprint density at radius 3 is 2.71 bits per heavy atom. The first kappa shape index (κ1) is 4.78. The summed E-state index contributed by atoms with van der Waals surface area (Å²) in [6.45, 7) is 1.42. The summed E-state index contributed by atoms with van der Waals surface area (Å²) in [5, 5.41) is 7.06. The summed E-state index contributed by atoms with van der Waals surface area (Å²) in [4.78, 5) is 0. The molecular weight excluding hydrogens is 90.1 g/mol. The maximum Gasteiger partial charge on any atom is 0.0841 e. The molecular formula is C5H9NO. The number of nitrogens with one attached hydrogen (secondary N) is 1. The normalized spacial score (nSPS) is 22.6. The second kappa shape index (κ2) is 2.07. The largest absolute Gasteiger partial charge is 0.376 e. The molecule has 0 atom stereocenters. The van der Waals surface area contributed by atoms with Gasteiger partial charge >= 0.3 is 0 Å². The first-order valence-electron chi connectivity index (χ1n) is 2.53. The summed E-state index contributed by atoms with van der Waals surface area (Å²) in [7, 11) is 0. The molecule has 0 radical (unpaired) electrons. The van der Waals surface area contributed by atoms with E-state index in [1.54, 1.807) is 0 Å². The molecule has 1 heterocycles. The predicted molar refractivity (Wildman–Crippen MR) is 27.8 cm³/mol. The first-order chi connectivity index (χ1) is 3.39. The highest BCUT2D eigenvalue weighted by Gasteiger charge is 2.02. The maximum absolute atomic E-state index is 7.06. The molecule has 1 fully saturated rings. The van der Waals surface area contributed by atoms with Gasteiger partial charge in [-0.15, -0.1) is 0 Å². The van der Waals surface area contributed by atoms with Gasteiger partial charge in [-0.3, -0.25) is 0 Å². The zero-order valence-corrected chi connectivity index (χ0v) is 4.24. The fourth-order valence-corrected chi connectivity index (χ4v) is 0.655. The van der Waals surface area contributed by atoms with E-state index in [1.165, 1.54) is 0 Å². The van der Waals surface area contributed by atoms with E-state index in [-0.39, 0.29) is 0 Å². The minimum Gasteiger partial charge on any atom is -0.376 e. The molecule has 1 aliphatic rings. The molecule has 0 aliphatic carbocycles. The minimum absolute atomic E-state index is 0.569. The fraction of sp³-hybridized carbons (Fsp3) is 0.800. The van der Waals surface area contributed by atoms with Crippen LogP contribution in [-0.4, -0.2) is 18.9 Å². The van der Waals surface area contributed by atoms with Crippen LogP contribution in [0.2, 0.25) is 0 Å². The third-order valence-electron chi connectivity index (χ3n) is 1.04. The molecule has 1 rings (SSSR count). The zero-order chi connectivity index (χ0) is 5.11. The van der Waals surface area contributed by atoms with Gasteiger partial charge in [-0.1, -0.05) is 0 Å². The average molecular weight is 99.1 g/mol. The van der Waals surface area contributed by atoms with E-state index in [0.717, 1.165) is 25.2 Å². The Bertz CT molecular complexity index is 72.1. The molecule has 0 unspecified atom stereocenters. The Balaban J connectivity index is 2.25. The molecule has 0 aromatic heterocycles. The number of rotatable bonds is 0. The lowest BCUT2D eigenvalue weighted by Gasteiger charge is -2.10. The first-order valence-corrected chi connectivity index (χ1v) is 2.53. The minimum atomic E-state index is 0.569. The predicted octanol–water partition coefficient (Wildman–Crippen LogP) is 0.817. The van der Waals surface area contributed by atoms with E-state index in [9.17, 15) is 0 Å². The van der Waals surface area contributed by atoms with Crippen molar-refractivity contribution in [3.8, 4) is 0 Å². The monoisotopic (exact) mass is 99.1 g/mol. The van der Waals surface area contributed by atoms with Gasteiger partial charge in [-0.2, -0.15) is 0 Å². The van der Waals surface area contributed by atoms with E-state index < -0.39 is 0 Å². The summed E-state index contributed by atoms with van der Waals surface area (Å²) < 4.78 is 4.96. The van der Waals surface area contributed by atoms with Gasteiger partial charge in [0.05, 0.1) is 6.61 Å². The van der Waals surface area contributed by atoms with Crippen molar-refractivity contribution in [3.63, 3.8) is 0 Å². The molecule has 40 valence electrons. The van der Waals surface area contributed by atoms with Crippen molar-refractivity contribution in [1.82, 2.24) is 0 Å². The highest BCUT2D eigenvalue weighted by molar-refractivity contribution is 5.82. The standard InChI is InChI=1S/C5H9NO/c6-5-2-1-3-7-4-5/h6H,1-4H2. The van der Waals surface area contributed by atoms with Crippen molar-refractivity contribution in [2.45, 2.75) is 12.8 Å². The molecule has 7 heavy (non-hydrogen) atoms. The molecule has 2 nitrogen and oxygen atoms in total. The molecule has 1 saturated heterocycles. The fourth-order valence-electron chi connectivity index (χ4n) is 0.655. The summed E-state index contributed by atoms with van der Waals surface area (Å²) in [5.41, 5.74) is 0.742. The SMILES string of the molecule is N=C1CCCOC1. The van der Waals surface area contributed by atoms with E-state index >= 15 is 0 Å². The van der Waals surface area contributed by atoms with E-state index in [2.05, 4.69) is 0 Å². The van der Waals surface area contributed by atoms with E-state index in [1.807, 2.05) is 0 Å². The molecule has 0 amide bonds. The van der Waals surface area contributed by atoms with Gasteiger partial charge in [0.2, 0.25) is 0 Å². The number of ether oxygens (including phenoxy) is 1. The molecule has 0 bridgehead atoms. The molecule has 2 heteroatoms. The van der Waals surface area contributed by atoms with Crippen molar-refractivity contribution in [2.24, 2.45) is 0 Å².